The summed E-state index contributed by atoms with van der Waals surface area (Å²) in [5.41, 5.74) is 1.91. The molecular formula is C21H23Br2NO2. The van der Waals surface area contributed by atoms with Gasteiger partial charge in [0.25, 0.3) is 0 Å². The summed E-state index contributed by atoms with van der Waals surface area (Å²) in [4.78, 5) is 2.50. The smallest absolute Gasteiger partial charge is 0.126 e. The summed E-state index contributed by atoms with van der Waals surface area (Å²) in [6, 6.07) is 14.8. The largest absolute Gasteiger partial charge is 0.487 e. The van der Waals surface area contributed by atoms with E-state index in [-0.39, 0.29) is 11.2 Å². The molecule has 1 atom stereocenters. The van der Waals surface area contributed by atoms with E-state index in [9.17, 15) is 0 Å². The van der Waals surface area contributed by atoms with E-state index in [4.69, 9.17) is 9.47 Å². The predicted octanol–water partition coefficient (Wildman–Crippen LogP) is 5.50. The minimum absolute atomic E-state index is 0.249. The number of hydrogen-bond acceptors (Lipinski definition) is 3. The molecule has 26 heavy (non-hydrogen) atoms. The number of ether oxygens (including phenoxy) is 2. The first kappa shape index (κ1) is 18.5. The number of hydrogen-bond donors (Lipinski definition) is 0. The van der Waals surface area contributed by atoms with Crippen molar-refractivity contribution >= 4 is 31.9 Å². The molecule has 5 heteroatoms. The maximum Gasteiger partial charge on any atom is 0.126 e. The molecule has 2 aliphatic heterocycles. The van der Waals surface area contributed by atoms with Gasteiger partial charge in [0.05, 0.1) is 6.61 Å². The number of benzene rings is 2. The van der Waals surface area contributed by atoms with Gasteiger partial charge in [-0.1, -0.05) is 44.0 Å². The molecule has 1 saturated heterocycles. The Morgan fingerprint density at radius 2 is 1.77 bits per heavy atom. The van der Waals surface area contributed by atoms with Gasteiger partial charge < -0.3 is 9.47 Å². The number of fused-ring (bicyclic) bond motifs is 2. The second kappa shape index (κ2) is 6.93. The fourth-order valence-electron chi connectivity index (χ4n) is 4.17. The Kier molecular flexibility index (Phi) is 4.93. The van der Waals surface area contributed by atoms with Crippen LogP contribution >= 0.6 is 31.9 Å². The zero-order valence-electron chi connectivity index (χ0n) is 15.1. The van der Waals surface area contributed by atoms with Gasteiger partial charge in [0.2, 0.25) is 0 Å². The first-order valence-electron chi connectivity index (χ1n) is 8.95. The Morgan fingerprint density at radius 1 is 1.04 bits per heavy atom. The average Bonchev–Trinajstić information content (AvgIpc) is 2.57. The van der Waals surface area contributed by atoms with Gasteiger partial charge in [0.15, 0.2) is 0 Å². The van der Waals surface area contributed by atoms with Crippen LogP contribution in [0.15, 0.2) is 51.4 Å². The van der Waals surface area contributed by atoms with Crippen molar-refractivity contribution in [3.05, 3.63) is 62.5 Å². The molecular weight excluding hydrogens is 458 g/mol. The van der Waals surface area contributed by atoms with E-state index >= 15 is 0 Å². The molecule has 1 fully saturated rings. The SMILES string of the molecule is CC1(C)CC2(CN(Cc3ccc(Br)cc3)CCO2)c2cc(Br)ccc2O1. The summed E-state index contributed by atoms with van der Waals surface area (Å²) in [5.74, 6) is 0.940. The minimum Gasteiger partial charge on any atom is -0.487 e. The minimum atomic E-state index is -0.325. The van der Waals surface area contributed by atoms with Crippen LogP contribution in [0.25, 0.3) is 0 Å². The van der Waals surface area contributed by atoms with Crippen molar-refractivity contribution in [2.24, 2.45) is 0 Å². The quantitative estimate of drug-likeness (QED) is 0.566. The van der Waals surface area contributed by atoms with Gasteiger partial charge in [0, 0.05) is 40.6 Å². The van der Waals surface area contributed by atoms with Gasteiger partial charge in [0.1, 0.15) is 17.0 Å². The first-order valence-corrected chi connectivity index (χ1v) is 10.5. The van der Waals surface area contributed by atoms with Gasteiger partial charge in [-0.25, -0.2) is 0 Å². The monoisotopic (exact) mass is 479 g/mol. The molecule has 3 nitrogen and oxygen atoms in total. The highest BCUT2D eigenvalue weighted by Gasteiger charge is 2.48. The Bertz CT molecular complexity index is 806. The molecule has 2 aromatic rings. The molecule has 0 bridgehead atoms. The van der Waals surface area contributed by atoms with E-state index in [0.29, 0.717) is 0 Å². The molecule has 1 unspecified atom stereocenters. The zero-order chi connectivity index (χ0) is 18.4. The molecule has 0 aromatic heterocycles. The topological polar surface area (TPSA) is 21.7 Å². The van der Waals surface area contributed by atoms with Crippen molar-refractivity contribution in [1.82, 2.24) is 4.90 Å². The molecule has 1 spiro atoms. The van der Waals surface area contributed by atoms with Gasteiger partial charge in [-0.3, -0.25) is 4.90 Å². The summed E-state index contributed by atoms with van der Waals surface area (Å²) in [6.07, 6.45) is 0.848. The highest BCUT2D eigenvalue weighted by Crippen LogP contribution is 2.48. The average molecular weight is 481 g/mol. The van der Waals surface area contributed by atoms with Crippen molar-refractivity contribution in [2.75, 3.05) is 19.7 Å². The standard InChI is InChI=1S/C21H23Br2NO2/c1-20(2)13-21(18-11-17(23)7-8-19(18)26-20)14-24(9-10-25-21)12-15-3-5-16(22)6-4-15/h3-8,11H,9-10,12-14H2,1-2H3. The summed E-state index contributed by atoms with van der Waals surface area (Å²) in [5, 5.41) is 0. The van der Waals surface area contributed by atoms with E-state index in [1.165, 1.54) is 5.56 Å². The van der Waals surface area contributed by atoms with Crippen LogP contribution in [0.4, 0.5) is 0 Å². The lowest BCUT2D eigenvalue weighted by molar-refractivity contribution is -0.157. The fraction of sp³-hybridized carbons (Fsp3) is 0.429. The van der Waals surface area contributed by atoms with Gasteiger partial charge >= 0.3 is 0 Å². The third-order valence-corrected chi connectivity index (χ3v) is 6.14. The third kappa shape index (κ3) is 3.72. The molecule has 2 aromatic carbocycles. The molecule has 138 valence electrons. The fourth-order valence-corrected chi connectivity index (χ4v) is 4.80. The lowest BCUT2D eigenvalue weighted by atomic mass is 9.79. The summed E-state index contributed by atoms with van der Waals surface area (Å²) in [7, 11) is 0. The number of halogens is 2. The van der Waals surface area contributed by atoms with Crippen LogP contribution in [0.3, 0.4) is 0 Å². The number of rotatable bonds is 2. The van der Waals surface area contributed by atoms with Crippen molar-refractivity contribution in [3.63, 3.8) is 0 Å². The highest BCUT2D eigenvalue weighted by atomic mass is 79.9. The van der Waals surface area contributed by atoms with Crippen LogP contribution in [0.1, 0.15) is 31.4 Å². The molecule has 0 radical (unpaired) electrons. The Balaban J connectivity index is 1.64. The van der Waals surface area contributed by atoms with Crippen LogP contribution in [0, 0.1) is 0 Å². The van der Waals surface area contributed by atoms with E-state index in [2.05, 4.69) is 87.0 Å². The maximum atomic E-state index is 6.46. The Labute approximate surface area is 171 Å². The lowest BCUT2D eigenvalue weighted by Crippen LogP contribution is -2.55. The molecule has 0 amide bonds. The highest BCUT2D eigenvalue weighted by molar-refractivity contribution is 9.10. The molecule has 4 rings (SSSR count). The maximum absolute atomic E-state index is 6.46. The normalized spacial score (nSPS) is 24.9. The van der Waals surface area contributed by atoms with Crippen molar-refractivity contribution in [1.29, 1.82) is 0 Å². The molecule has 2 aliphatic rings. The Hall–Kier alpha value is -0.880. The molecule has 0 aliphatic carbocycles. The number of morpholine rings is 1. The second-order valence-electron chi connectivity index (χ2n) is 7.86. The summed E-state index contributed by atoms with van der Waals surface area (Å²) >= 11 is 7.13. The van der Waals surface area contributed by atoms with Crippen molar-refractivity contribution in [2.45, 2.75) is 38.0 Å². The lowest BCUT2D eigenvalue weighted by Gasteiger charge is -2.50. The Morgan fingerprint density at radius 3 is 2.54 bits per heavy atom. The zero-order valence-corrected chi connectivity index (χ0v) is 18.3. The van der Waals surface area contributed by atoms with Gasteiger partial charge in [-0.2, -0.15) is 0 Å². The van der Waals surface area contributed by atoms with E-state index < -0.39 is 0 Å². The van der Waals surface area contributed by atoms with E-state index in [0.717, 1.165) is 52.9 Å². The van der Waals surface area contributed by atoms with Gasteiger partial charge in [-0.05, 0) is 49.7 Å². The van der Waals surface area contributed by atoms with Crippen LogP contribution < -0.4 is 4.74 Å². The van der Waals surface area contributed by atoms with Crippen LogP contribution in [-0.4, -0.2) is 30.2 Å². The first-order chi connectivity index (χ1) is 12.4. The van der Waals surface area contributed by atoms with Crippen LogP contribution in [0.5, 0.6) is 5.75 Å². The van der Waals surface area contributed by atoms with Crippen molar-refractivity contribution < 1.29 is 9.47 Å². The van der Waals surface area contributed by atoms with Gasteiger partial charge in [-0.15, -0.1) is 0 Å². The summed E-state index contributed by atoms with van der Waals surface area (Å²) < 4.78 is 14.9. The second-order valence-corrected chi connectivity index (χ2v) is 9.69. The number of nitrogens with zero attached hydrogens (tertiary/aromatic N) is 1. The molecule has 0 N–H and O–H groups in total. The molecule has 0 saturated carbocycles. The molecule has 2 heterocycles. The van der Waals surface area contributed by atoms with E-state index in [1.54, 1.807) is 0 Å². The predicted molar refractivity (Wildman–Crippen MR) is 111 cm³/mol. The van der Waals surface area contributed by atoms with E-state index in [1.807, 2.05) is 6.07 Å². The summed E-state index contributed by atoms with van der Waals surface area (Å²) in [6.45, 7) is 7.79. The van der Waals surface area contributed by atoms with Crippen LogP contribution in [-0.2, 0) is 16.9 Å². The van der Waals surface area contributed by atoms with Crippen molar-refractivity contribution in [3.8, 4) is 5.75 Å². The third-order valence-electron chi connectivity index (χ3n) is 5.11. The van der Waals surface area contributed by atoms with Crippen LogP contribution in [0.2, 0.25) is 0 Å².